The third kappa shape index (κ3) is 3.95. The number of aromatic nitrogens is 1. The van der Waals surface area contributed by atoms with Crippen molar-refractivity contribution in [3.05, 3.63) is 78.1 Å². The Bertz CT molecular complexity index is 862. The number of pyridine rings is 1. The molecule has 0 bridgehead atoms. The number of benzene rings is 2. The number of methoxy groups -OCH3 is 1. The Morgan fingerprint density at radius 3 is 2.40 bits per heavy atom. The molecule has 2 N–H and O–H groups in total. The molecule has 5 nitrogen and oxygen atoms in total. The van der Waals surface area contributed by atoms with Gasteiger partial charge in [-0.15, -0.1) is 0 Å². The molecule has 0 spiro atoms. The second-order valence-corrected chi connectivity index (χ2v) is 5.45. The number of nitrogen functional groups attached to an aromatic ring is 1. The molecular weight excluding hydrogens is 316 g/mol. The van der Waals surface area contributed by atoms with Gasteiger partial charge in [-0.3, -0.25) is 0 Å². The Kier molecular flexibility index (Phi) is 4.95. The summed E-state index contributed by atoms with van der Waals surface area (Å²) in [6, 6.07) is 19.3. The number of rotatable bonds is 5. The molecule has 0 radical (unpaired) electrons. The Morgan fingerprint density at radius 2 is 1.76 bits per heavy atom. The maximum Gasteiger partial charge on any atom is 0.358 e. The number of nitrogens with two attached hydrogens (primary N) is 1. The van der Waals surface area contributed by atoms with Crippen molar-refractivity contribution in [2.75, 3.05) is 12.8 Å². The van der Waals surface area contributed by atoms with E-state index >= 15 is 0 Å². The Hall–Kier alpha value is -3.34. The molecule has 0 amide bonds. The summed E-state index contributed by atoms with van der Waals surface area (Å²) in [4.78, 5) is 15.6. The van der Waals surface area contributed by atoms with E-state index in [1.165, 1.54) is 7.11 Å². The fraction of sp³-hybridized carbons (Fsp3) is 0.100. The number of carbonyl (C=O) groups excluding carboxylic acids is 1. The standard InChI is InChI=1S/C20H18N2O3/c1-24-20(23)19-18(21)11-16(12-22-19)15-7-9-17(10-8-15)25-13-14-5-3-2-4-6-14/h2-12H,13,21H2,1H3. The van der Waals surface area contributed by atoms with E-state index in [0.29, 0.717) is 6.61 Å². The van der Waals surface area contributed by atoms with Crippen LogP contribution in [0.2, 0.25) is 0 Å². The molecule has 0 fully saturated rings. The highest BCUT2D eigenvalue weighted by Gasteiger charge is 2.12. The average Bonchev–Trinajstić information content (AvgIpc) is 2.67. The van der Waals surface area contributed by atoms with Gasteiger partial charge < -0.3 is 15.2 Å². The van der Waals surface area contributed by atoms with Gasteiger partial charge in [0.1, 0.15) is 12.4 Å². The molecule has 0 aliphatic carbocycles. The van der Waals surface area contributed by atoms with E-state index in [4.69, 9.17) is 10.5 Å². The van der Waals surface area contributed by atoms with Crippen LogP contribution in [0.4, 0.5) is 5.69 Å². The second kappa shape index (κ2) is 7.49. The number of esters is 1. The van der Waals surface area contributed by atoms with Crippen molar-refractivity contribution < 1.29 is 14.3 Å². The summed E-state index contributed by atoms with van der Waals surface area (Å²) in [5.41, 5.74) is 9.16. The molecule has 0 saturated carbocycles. The van der Waals surface area contributed by atoms with E-state index in [1.54, 1.807) is 12.3 Å². The number of nitrogens with zero attached hydrogens (tertiary/aromatic N) is 1. The largest absolute Gasteiger partial charge is 0.489 e. The lowest BCUT2D eigenvalue weighted by Crippen LogP contribution is -2.08. The molecule has 1 heterocycles. The minimum absolute atomic E-state index is 0.120. The van der Waals surface area contributed by atoms with Gasteiger partial charge in [0.25, 0.3) is 0 Å². The van der Waals surface area contributed by atoms with Crippen LogP contribution < -0.4 is 10.5 Å². The van der Waals surface area contributed by atoms with Crippen LogP contribution in [0.15, 0.2) is 66.9 Å². The van der Waals surface area contributed by atoms with E-state index in [-0.39, 0.29) is 11.4 Å². The first kappa shape index (κ1) is 16.5. The lowest BCUT2D eigenvalue weighted by Gasteiger charge is -2.09. The van der Waals surface area contributed by atoms with Crippen molar-refractivity contribution in [2.45, 2.75) is 6.61 Å². The monoisotopic (exact) mass is 334 g/mol. The maximum absolute atomic E-state index is 11.5. The Balaban J connectivity index is 1.72. The number of hydrogen-bond donors (Lipinski definition) is 1. The zero-order valence-corrected chi connectivity index (χ0v) is 13.8. The Labute approximate surface area is 146 Å². The minimum Gasteiger partial charge on any atom is -0.489 e. The zero-order chi connectivity index (χ0) is 17.6. The van der Waals surface area contributed by atoms with Crippen LogP contribution in [0.25, 0.3) is 11.1 Å². The first-order valence-electron chi connectivity index (χ1n) is 7.78. The summed E-state index contributed by atoms with van der Waals surface area (Å²) in [5.74, 6) is 0.230. The van der Waals surface area contributed by atoms with Gasteiger partial charge in [0.05, 0.1) is 12.8 Å². The molecule has 0 aliphatic heterocycles. The van der Waals surface area contributed by atoms with E-state index in [9.17, 15) is 4.79 Å². The molecule has 1 aromatic heterocycles. The topological polar surface area (TPSA) is 74.4 Å². The Morgan fingerprint density at radius 1 is 1.04 bits per heavy atom. The fourth-order valence-electron chi connectivity index (χ4n) is 2.39. The highest BCUT2D eigenvalue weighted by atomic mass is 16.5. The van der Waals surface area contributed by atoms with Crippen molar-refractivity contribution in [1.29, 1.82) is 0 Å². The molecular formula is C20H18N2O3. The van der Waals surface area contributed by atoms with Crippen LogP contribution in [-0.4, -0.2) is 18.1 Å². The summed E-state index contributed by atoms with van der Waals surface area (Å²) < 4.78 is 10.4. The number of ether oxygens (including phenoxy) is 2. The maximum atomic E-state index is 11.5. The summed E-state index contributed by atoms with van der Waals surface area (Å²) in [6.07, 6.45) is 1.60. The molecule has 0 atom stereocenters. The molecule has 2 aromatic carbocycles. The van der Waals surface area contributed by atoms with Gasteiger partial charge >= 0.3 is 5.97 Å². The number of anilines is 1. The SMILES string of the molecule is COC(=O)c1ncc(-c2ccc(OCc3ccccc3)cc2)cc1N. The fourth-order valence-corrected chi connectivity index (χ4v) is 2.39. The van der Waals surface area contributed by atoms with Gasteiger partial charge in [-0.1, -0.05) is 42.5 Å². The van der Waals surface area contributed by atoms with Gasteiger partial charge in [0.2, 0.25) is 0 Å². The van der Waals surface area contributed by atoms with Gasteiger partial charge in [0.15, 0.2) is 5.69 Å². The van der Waals surface area contributed by atoms with Crippen LogP contribution in [0.3, 0.4) is 0 Å². The highest BCUT2D eigenvalue weighted by molar-refractivity contribution is 5.93. The van der Waals surface area contributed by atoms with Crippen molar-refractivity contribution in [1.82, 2.24) is 4.98 Å². The van der Waals surface area contributed by atoms with E-state index in [2.05, 4.69) is 9.72 Å². The smallest absolute Gasteiger partial charge is 0.358 e. The van der Waals surface area contributed by atoms with Crippen LogP contribution >= 0.6 is 0 Å². The third-order valence-electron chi connectivity index (χ3n) is 3.73. The summed E-state index contributed by atoms with van der Waals surface area (Å²) in [5, 5.41) is 0. The normalized spacial score (nSPS) is 10.3. The van der Waals surface area contributed by atoms with Crippen molar-refractivity contribution in [3.63, 3.8) is 0 Å². The molecule has 5 heteroatoms. The van der Waals surface area contributed by atoms with Crippen molar-refractivity contribution in [3.8, 4) is 16.9 Å². The van der Waals surface area contributed by atoms with Gasteiger partial charge in [0, 0.05) is 11.8 Å². The van der Waals surface area contributed by atoms with E-state index in [1.807, 2.05) is 54.6 Å². The molecule has 3 aromatic rings. The molecule has 3 rings (SSSR count). The molecule has 25 heavy (non-hydrogen) atoms. The molecule has 126 valence electrons. The van der Waals surface area contributed by atoms with Gasteiger partial charge in [-0.05, 0) is 29.3 Å². The lowest BCUT2D eigenvalue weighted by molar-refractivity contribution is 0.0595. The highest BCUT2D eigenvalue weighted by Crippen LogP contribution is 2.25. The van der Waals surface area contributed by atoms with E-state index < -0.39 is 5.97 Å². The van der Waals surface area contributed by atoms with Crippen molar-refractivity contribution >= 4 is 11.7 Å². The van der Waals surface area contributed by atoms with Gasteiger partial charge in [-0.2, -0.15) is 0 Å². The number of carbonyl (C=O) groups is 1. The molecule has 0 unspecified atom stereocenters. The van der Waals surface area contributed by atoms with Crippen LogP contribution in [-0.2, 0) is 11.3 Å². The van der Waals surface area contributed by atoms with Gasteiger partial charge in [-0.25, -0.2) is 9.78 Å². The van der Waals surface area contributed by atoms with E-state index in [0.717, 1.165) is 22.4 Å². The van der Waals surface area contributed by atoms with Crippen LogP contribution in [0.5, 0.6) is 5.75 Å². The predicted molar refractivity (Wildman–Crippen MR) is 96.2 cm³/mol. The third-order valence-corrected chi connectivity index (χ3v) is 3.73. The quantitative estimate of drug-likeness (QED) is 0.720. The summed E-state index contributed by atoms with van der Waals surface area (Å²) in [6.45, 7) is 0.516. The summed E-state index contributed by atoms with van der Waals surface area (Å²) in [7, 11) is 1.30. The minimum atomic E-state index is -0.547. The second-order valence-electron chi connectivity index (χ2n) is 5.45. The first-order valence-corrected chi connectivity index (χ1v) is 7.78. The number of hydrogen-bond acceptors (Lipinski definition) is 5. The first-order chi connectivity index (χ1) is 12.2. The lowest BCUT2D eigenvalue weighted by atomic mass is 10.1. The summed E-state index contributed by atoms with van der Waals surface area (Å²) >= 11 is 0. The van der Waals surface area contributed by atoms with Crippen LogP contribution in [0, 0.1) is 0 Å². The average molecular weight is 334 g/mol. The van der Waals surface area contributed by atoms with Crippen molar-refractivity contribution in [2.24, 2.45) is 0 Å². The predicted octanol–water partition coefficient (Wildman–Crippen LogP) is 3.70. The zero-order valence-electron chi connectivity index (χ0n) is 13.8. The molecule has 0 aliphatic rings. The molecule has 0 saturated heterocycles. The van der Waals surface area contributed by atoms with Crippen LogP contribution in [0.1, 0.15) is 16.1 Å².